The average Bonchev–Trinajstić information content (AvgIpc) is 3.52. The van der Waals surface area contributed by atoms with E-state index in [1.165, 1.54) is 0 Å². The van der Waals surface area contributed by atoms with Crippen molar-refractivity contribution in [2.45, 2.75) is 30.9 Å². The molecule has 0 bridgehead atoms. The van der Waals surface area contributed by atoms with E-state index in [0.717, 1.165) is 25.7 Å². The molecular weight excluding hydrogens is 370 g/mol. The molecule has 150 valence electrons. The van der Waals surface area contributed by atoms with Gasteiger partial charge in [-0.2, -0.15) is 0 Å². The molecule has 1 saturated heterocycles. The number of urea groups is 1. The second-order valence-electron chi connectivity index (χ2n) is 7.02. The molecule has 0 radical (unpaired) electrons. The summed E-state index contributed by atoms with van der Waals surface area (Å²) >= 11 is 0. The Morgan fingerprint density at radius 1 is 1.07 bits per heavy atom. The third kappa shape index (κ3) is 5.04. The van der Waals surface area contributed by atoms with Gasteiger partial charge in [-0.1, -0.05) is 0 Å². The number of methoxy groups -OCH3 is 2. The first-order chi connectivity index (χ1) is 12.9. The van der Waals surface area contributed by atoms with Crippen molar-refractivity contribution in [3.05, 3.63) is 18.2 Å². The Morgan fingerprint density at radius 3 is 2.19 bits per heavy atom. The van der Waals surface area contributed by atoms with Gasteiger partial charge in [0.2, 0.25) is 10.0 Å². The Hall–Kier alpha value is -2.00. The lowest BCUT2D eigenvalue weighted by atomic mass is 9.98. The highest BCUT2D eigenvalue weighted by Gasteiger charge is 2.41. The number of benzene rings is 1. The molecule has 2 amide bonds. The molecule has 8 nitrogen and oxygen atoms in total. The molecule has 1 aromatic carbocycles. The van der Waals surface area contributed by atoms with Crippen molar-refractivity contribution in [3.8, 4) is 11.5 Å². The number of carbonyl (C=O) groups excluding carboxylic acids is 1. The number of rotatable bonds is 7. The monoisotopic (exact) mass is 397 g/mol. The number of hydrogen-bond acceptors (Lipinski definition) is 5. The van der Waals surface area contributed by atoms with Crippen molar-refractivity contribution < 1.29 is 22.7 Å². The summed E-state index contributed by atoms with van der Waals surface area (Å²) in [4.78, 5) is 12.2. The van der Waals surface area contributed by atoms with Gasteiger partial charge in [-0.25, -0.2) is 17.5 Å². The number of hydrogen-bond donors (Lipinski definition) is 2. The van der Waals surface area contributed by atoms with E-state index in [1.54, 1.807) is 36.7 Å². The first kappa shape index (κ1) is 19.8. The van der Waals surface area contributed by atoms with Crippen LogP contribution in [0.5, 0.6) is 11.5 Å². The fourth-order valence-corrected chi connectivity index (χ4v) is 5.11. The predicted molar refractivity (Wildman–Crippen MR) is 103 cm³/mol. The summed E-state index contributed by atoms with van der Waals surface area (Å²) < 4.78 is 36.5. The Kier molecular flexibility index (Phi) is 6.11. The zero-order chi connectivity index (χ0) is 19.4. The lowest BCUT2D eigenvalue weighted by Gasteiger charge is -2.31. The highest BCUT2D eigenvalue weighted by molar-refractivity contribution is 7.90. The van der Waals surface area contributed by atoms with E-state index in [2.05, 4.69) is 10.6 Å². The molecule has 0 spiro atoms. The van der Waals surface area contributed by atoms with Crippen LogP contribution in [0.4, 0.5) is 10.5 Å². The van der Waals surface area contributed by atoms with Crippen molar-refractivity contribution >= 4 is 21.7 Å². The number of anilines is 1. The summed E-state index contributed by atoms with van der Waals surface area (Å²) in [5, 5.41) is 5.48. The van der Waals surface area contributed by atoms with Gasteiger partial charge in [-0.05, 0) is 31.6 Å². The summed E-state index contributed by atoms with van der Waals surface area (Å²) in [6.45, 7) is 1.60. The molecule has 2 N–H and O–H groups in total. The maximum absolute atomic E-state index is 12.3. The Labute approximate surface area is 160 Å². The summed E-state index contributed by atoms with van der Waals surface area (Å²) in [6, 6.07) is 4.84. The zero-order valence-electron chi connectivity index (χ0n) is 15.7. The van der Waals surface area contributed by atoms with Crippen molar-refractivity contribution in [1.82, 2.24) is 9.62 Å². The standard InChI is InChI=1S/C18H27N3O5S/c1-25-15-9-14(10-16(11-15)26-2)20-18(22)19-12-13-5-7-21(8-6-13)27(23,24)17-3-4-17/h9-11,13,17H,3-8,12H2,1-2H3,(H2,19,20,22). The maximum atomic E-state index is 12.3. The minimum atomic E-state index is -3.09. The Morgan fingerprint density at radius 2 is 1.67 bits per heavy atom. The van der Waals surface area contributed by atoms with Crippen LogP contribution >= 0.6 is 0 Å². The number of carbonyl (C=O) groups is 1. The van der Waals surface area contributed by atoms with E-state index < -0.39 is 10.0 Å². The van der Waals surface area contributed by atoms with Crippen LogP contribution in [-0.4, -0.2) is 57.9 Å². The highest BCUT2D eigenvalue weighted by Crippen LogP contribution is 2.33. The van der Waals surface area contributed by atoms with Gasteiger partial charge in [0.15, 0.2) is 0 Å². The van der Waals surface area contributed by atoms with Crippen LogP contribution < -0.4 is 20.1 Å². The minimum Gasteiger partial charge on any atom is -0.497 e. The van der Waals surface area contributed by atoms with Gasteiger partial charge in [0.1, 0.15) is 11.5 Å². The van der Waals surface area contributed by atoms with Crippen molar-refractivity contribution in [1.29, 1.82) is 0 Å². The largest absolute Gasteiger partial charge is 0.497 e. The van der Waals surface area contributed by atoms with Crippen LogP contribution in [0.15, 0.2) is 18.2 Å². The van der Waals surface area contributed by atoms with E-state index in [9.17, 15) is 13.2 Å². The summed E-state index contributed by atoms with van der Waals surface area (Å²) in [5.41, 5.74) is 0.578. The third-order valence-electron chi connectivity index (χ3n) is 5.04. The fourth-order valence-electron chi connectivity index (χ4n) is 3.24. The molecule has 1 aromatic rings. The van der Waals surface area contributed by atoms with Crippen molar-refractivity contribution in [3.63, 3.8) is 0 Å². The van der Waals surface area contributed by atoms with Crippen LogP contribution in [-0.2, 0) is 10.0 Å². The zero-order valence-corrected chi connectivity index (χ0v) is 16.5. The number of amides is 2. The van der Waals surface area contributed by atoms with Crippen LogP contribution in [0.25, 0.3) is 0 Å². The van der Waals surface area contributed by atoms with Crippen molar-refractivity contribution in [2.24, 2.45) is 5.92 Å². The van der Waals surface area contributed by atoms with Crippen molar-refractivity contribution in [2.75, 3.05) is 39.2 Å². The molecule has 2 fully saturated rings. The topological polar surface area (TPSA) is 97.0 Å². The van der Waals surface area contributed by atoms with Crippen LogP contribution in [0.1, 0.15) is 25.7 Å². The summed E-state index contributed by atoms with van der Waals surface area (Å²) in [7, 11) is 0.0124. The van der Waals surface area contributed by atoms with Gasteiger partial charge in [-0.15, -0.1) is 0 Å². The number of piperidine rings is 1. The van der Waals surface area contributed by atoms with Gasteiger partial charge in [0.25, 0.3) is 0 Å². The maximum Gasteiger partial charge on any atom is 0.319 e. The molecule has 1 aliphatic heterocycles. The molecule has 1 aliphatic carbocycles. The molecule has 3 rings (SSSR count). The van der Waals surface area contributed by atoms with E-state index >= 15 is 0 Å². The van der Waals surface area contributed by atoms with E-state index in [1.807, 2.05) is 0 Å². The summed E-state index contributed by atoms with van der Waals surface area (Å²) in [6.07, 6.45) is 3.11. The number of sulfonamides is 1. The van der Waals surface area contributed by atoms with Gasteiger partial charge >= 0.3 is 6.03 Å². The predicted octanol–water partition coefficient (Wildman–Crippen LogP) is 2.03. The second kappa shape index (κ2) is 8.35. The smallest absolute Gasteiger partial charge is 0.319 e. The molecule has 0 atom stereocenters. The van der Waals surface area contributed by atoms with Gasteiger partial charge in [0.05, 0.1) is 19.5 Å². The van der Waals surface area contributed by atoms with Gasteiger partial charge in [0, 0.05) is 43.5 Å². The summed E-state index contributed by atoms with van der Waals surface area (Å²) in [5.74, 6) is 1.46. The normalized spacial score (nSPS) is 18.7. The molecule has 1 saturated carbocycles. The van der Waals surface area contributed by atoms with Crippen LogP contribution in [0, 0.1) is 5.92 Å². The lowest BCUT2D eigenvalue weighted by molar-refractivity contribution is 0.240. The quantitative estimate of drug-likeness (QED) is 0.734. The molecular formula is C18H27N3O5S. The number of ether oxygens (including phenoxy) is 2. The first-order valence-corrected chi connectivity index (χ1v) is 10.7. The van der Waals surface area contributed by atoms with Gasteiger partial charge < -0.3 is 20.1 Å². The molecule has 9 heteroatoms. The van der Waals surface area contributed by atoms with E-state index in [-0.39, 0.29) is 17.2 Å². The Balaban J connectivity index is 1.45. The molecule has 1 heterocycles. The van der Waals surface area contributed by atoms with E-state index in [0.29, 0.717) is 36.8 Å². The van der Waals surface area contributed by atoms with Gasteiger partial charge in [-0.3, -0.25) is 0 Å². The fraction of sp³-hybridized carbons (Fsp3) is 0.611. The first-order valence-electron chi connectivity index (χ1n) is 9.19. The van der Waals surface area contributed by atoms with E-state index in [4.69, 9.17) is 9.47 Å². The molecule has 2 aliphatic rings. The second-order valence-corrected chi connectivity index (χ2v) is 9.24. The SMILES string of the molecule is COc1cc(NC(=O)NCC2CCN(S(=O)(=O)C3CC3)CC2)cc(OC)c1. The number of nitrogens with one attached hydrogen (secondary N) is 2. The average molecular weight is 397 g/mol. The molecule has 0 aromatic heterocycles. The minimum absolute atomic E-state index is 0.155. The lowest BCUT2D eigenvalue weighted by Crippen LogP contribution is -2.43. The molecule has 0 unspecified atom stereocenters. The third-order valence-corrected chi connectivity index (χ3v) is 7.44. The molecule has 27 heavy (non-hydrogen) atoms. The highest BCUT2D eigenvalue weighted by atomic mass is 32.2. The van der Waals surface area contributed by atoms with Crippen LogP contribution in [0.3, 0.4) is 0 Å². The number of nitrogens with zero attached hydrogens (tertiary/aromatic N) is 1. The van der Waals surface area contributed by atoms with Crippen LogP contribution in [0.2, 0.25) is 0 Å². The Bertz CT molecular complexity index is 749.